The van der Waals surface area contributed by atoms with Crippen LogP contribution in [0, 0.1) is 0 Å². The van der Waals surface area contributed by atoms with Gasteiger partial charge in [-0.3, -0.25) is 9.69 Å². The first-order valence-corrected chi connectivity index (χ1v) is 7.53. The normalized spacial score (nSPS) is 23.6. The van der Waals surface area contributed by atoms with Gasteiger partial charge >= 0.3 is 0 Å². The summed E-state index contributed by atoms with van der Waals surface area (Å²) in [5.41, 5.74) is 0. The Bertz CT molecular complexity index is 454. The van der Waals surface area contributed by atoms with Gasteiger partial charge < -0.3 is 14.6 Å². The molecule has 2 aliphatic rings. The van der Waals surface area contributed by atoms with E-state index in [0.717, 1.165) is 39.3 Å². The van der Waals surface area contributed by atoms with Crippen LogP contribution in [-0.4, -0.2) is 61.0 Å². The van der Waals surface area contributed by atoms with Gasteiger partial charge in [0.25, 0.3) is 5.91 Å². The van der Waals surface area contributed by atoms with Crippen LogP contribution in [0.1, 0.15) is 17.0 Å². The predicted octanol–water partition coefficient (Wildman–Crippen LogP) is 1.58. The lowest BCUT2D eigenvalue weighted by molar-refractivity contribution is 0.0553. The van der Waals surface area contributed by atoms with Crippen molar-refractivity contribution in [2.24, 2.45) is 0 Å². The topological polar surface area (TPSA) is 48.7 Å². The third-order valence-electron chi connectivity index (χ3n) is 3.94. The highest BCUT2D eigenvalue weighted by Gasteiger charge is 2.28. The lowest BCUT2D eigenvalue weighted by Crippen LogP contribution is -2.52. The fraction of sp³-hybridized carbons (Fsp3) is 0.615. The molecule has 0 saturated carbocycles. The molecule has 0 radical (unpaired) electrons. The van der Waals surface area contributed by atoms with Gasteiger partial charge in [0.05, 0.1) is 0 Å². The Morgan fingerprint density at radius 2 is 2.05 bits per heavy atom. The van der Waals surface area contributed by atoms with Crippen molar-refractivity contribution in [3.8, 4) is 0 Å². The summed E-state index contributed by atoms with van der Waals surface area (Å²) in [4.78, 5) is 16.6. The molecule has 0 bridgehead atoms. The van der Waals surface area contributed by atoms with Crippen LogP contribution in [0.15, 0.2) is 21.2 Å². The number of rotatable bonds is 2. The Balaban J connectivity index is 0.00000147. The van der Waals surface area contributed by atoms with Crippen molar-refractivity contribution in [3.05, 3.63) is 22.6 Å². The van der Waals surface area contributed by atoms with Crippen LogP contribution in [-0.2, 0) is 0 Å². The predicted molar refractivity (Wildman–Crippen MR) is 82.4 cm³/mol. The molecule has 0 aromatic carbocycles. The minimum atomic E-state index is -0.00473. The molecule has 3 heterocycles. The molecule has 5 nitrogen and oxygen atoms in total. The Kier molecular flexibility index (Phi) is 5.49. The van der Waals surface area contributed by atoms with Gasteiger partial charge in [-0.1, -0.05) is 0 Å². The number of halogens is 2. The maximum absolute atomic E-state index is 12.2. The molecule has 1 N–H and O–H groups in total. The molecule has 2 saturated heterocycles. The fourth-order valence-electron chi connectivity index (χ4n) is 2.83. The number of piperazine rings is 1. The molecular weight excluding hydrogens is 346 g/mol. The summed E-state index contributed by atoms with van der Waals surface area (Å²) in [6.07, 6.45) is 1.22. The molecule has 0 spiro atoms. The van der Waals surface area contributed by atoms with E-state index >= 15 is 0 Å². The lowest BCUT2D eigenvalue weighted by Gasteiger charge is -2.37. The van der Waals surface area contributed by atoms with Gasteiger partial charge in [0.1, 0.15) is 0 Å². The highest BCUT2D eigenvalue weighted by molar-refractivity contribution is 9.10. The average Bonchev–Trinajstić information content (AvgIpc) is 3.09. The summed E-state index contributed by atoms with van der Waals surface area (Å²) < 4.78 is 5.93. The summed E-state index contributed by atoms with van der Waals surface area (Å²) in [7, 11) is 0. The van der Waals surface area contributed by atoms with E-state index in [2.05, 4.69) is 26.1 Å². The van der Waals surface area contributed by atoms with Gasteiger partial charge in [-0.15, -0.1) is 12.4 Å². The highest BCUT2D eigenvalue weighted by Crippen LogP contribution is 2.18. The van der Waals surface area contributed by atoms with Crippen molar-refractivity contribution < 1.29 is 9.21 Å². The average molecular weight is 365 g/mol. The largest absolute Gasteiger partial charge is 0.444 e. The monoisotopic (exact) mass is 363 g/mol. The first-order valence-electron chi connectivity index (χ1n) is 6.73. The first-order chi connectivity index (χ1) is 9.24. The number of nitrogens with one attached hydrogen (secondary N) is 1. The Morgan fingerprint density at radius 1 is 1.30 bits per heavy atom. The van der Waals surface area contributed by atoms with E-state index in [-0.39, 0.29) is 18.3 Å². The Morgan fingerprint density at radius 3 is 2.60 bits per heavy atom. The third kappa shape index (κ3) is 3.36. The van der Waals surface area contributed by atoms with Gasteiger partial charge in [-0.2, -0.15) is 0 Å². The summed E-state index contributed by atoms with van der Waals surface area (Å²) in [6, 6.07) is 4.13. The summed E-state index contributed by atoms with van der Waals surface area (Å²) >= 11 is 3.23. The number of furan rings is 1. The second-order valence-electron chi connectivity index (χ2n) is 5.08. The van der Waals surface area contributed by atoms with Gasteiger partial charge in [0.15, 0.2) is 10.4 Å². The van der Waals surface area contributed by atoms with Crippen molar-refractivity contribution in [2.45, 2.75) is 12.5 Å². The van der Waals surface area contributed by atoms with Crippen LogP contribution in [0.5, 0.6) is 0 Å². The summed E-state index contributed by atoms with van der Waals surface area (Å²) in [6.45, 7) is 5.69. The van der Waals surface area contributed by atoms with Crippen LogP contribution < -0.4 is 5.32 Å². The van der Waals surface area contributed by atoms with E-state index in [1.54, 1.807) is 12.1 Å². The third-order valence-corrected chi connectivity index (χ3v) is 4.36. The van der Waals surface area contributed by atoms with Gasteiger partial charge in [0.2, 0.25) is 0 Å². The Labute approximate surface area is 133 Å². The summed E-state index contributed by atoms with van der Waals surface area (Å²) in [5.74, 6) is 0.415. The van der Waals surface area contributed by atoms with Crippen LogP contribution in [0.2, 0.25) is 0 Å². The van der Waals surface area contributed by atoms with Crippen LogP contribution in [0.25, 0.3) is 0 Å². The van der Waals surface area contributed by atoms with Crippen molar-refractivity contribution in [3.63, 3.8) is 0 Å². The van der Waals surface area contributed by atoms with Gasteiger partial charge in [0, 0.05) is 38.8 Å². The lowest BCUT2D eigenvalue weighted by atomic mass is 10.2. The zero-order valence-electron chi connectivity index (χ0n) is 11.2. The minimum Gasteiger partial charge on any atom is -0.444 e. The van der Waals surface area contributed by atoms with E-state index < -0.39 is 0 Å². The number of carbonyl (C=O) groups excluding carboxylic acids is 1. The maximum Gasteiger partial charge on any atom is 0.289 e. The number of hydrogen-bond acceptors (Lipinski definition) is 4. The molecule has 0 aliphatic carbocycles. The molecule has 2 fully saturated rings. The molecule has 3 rings (SSSR count). The SMILES string of the molecule is Cl.O=C(c1ccc(Br)o1)N1CCN(C2CCNC2)CC1. The molecule has 1 unspecified atom stereocenters. The standard InChI is InChI=1S/C13H18BrN3O2.ClH/c14-12-2-1-11(19-12)13(18)17-7-5-16(6-8-17)10-3-4-15-9-10;/h1-2,10,15H,3-9H2;1H. The molecule has 1 aromatic rings. The molecule has 2 aliphatic heterocycles. The van der Waals surface area contributed by atoms with Crippen molar-refractivity contribution in [1.29, 1.82) is 0 Å². The van der Waals surface area contributed by atoms with E-state index in [0.29, 0.717) is 16.5 Å². The van der Waals surface area contributed by atoms with Crippen LogP contribution in [0.4, 0.5) is 0 Å². The van der Waals surface area contributed by atoms with Crippen molar-refractivity contribution >= 4 is 34.2 Å². The number of hydrogen-bond donors (Lipinski definition) is 1. The van der Waals surface area contributed by atoms with Crippen molar-refractivity contribution in [1.82, 2.24) is 15.1 Å². The summed E-state index contributed by atoms with van der Waals surface area (Å²) in [5, 5.41) is 3.39. The maximum atomic E-state index is 12.2. The van der Waals surface area contributed by atoms with Crippen molar-refractivity contribution in [2.75, 3.05) is 39.3 Å². The smallest absolute Gasteiger partial charge is 0.289 e. The van der Waals surface area contributed by atoms with E-state index in [9.17, 15) is 4.79 Å². The zero-order chi connectivity index (χ0) is 13.2. The quantitative estimate of drug-likeness (QED) is 0.866. The second kappa shape index (κ2) is 6.93. The minimum absolute atomic E-state index is 0. The molecule has 7 heteroatoms. The second-order valence-corrected chi connectivity index (χ2v) is 5.86. The number of amides is 1. The van der Waals surface area contributed by atoms with Crippen LogP contribution >= 0.6 is 28.3 Å². The number of nitrogens with zero attached hydrogens (tertiary/aromatic N) is 2. The fourth-order valence-corrected chi connectivity index (χ4v) is 3.13. The molecular formula is C13H19BrClN3O2. The molecule has 112 valence electrons. The molecule has 1 aromatic heterocycles. The van der Waals surface area contributed by atoms with E-state index in [1.165, 1.54) is 6.42 Å². The Hall–Kier alpha value is -0.560. The first kappa shape index (κ1) is 15.8. The van der Waals surface area contributed by atoms with E-state index in [1.807, 2.05) is 4.90 Å². The highest BCUT2D eigenvalue weighted by atomic mass is 79.9. The van der Waals surface area contributed by atoms with Gasteiger partial charge in [-0.25, -0.2) is 0 Å². The number of carbonyl (C=O) groups is 1. The van der Waals surface area contributed by atoms with E-state index in [4.69, 9.17) is 4.42 Å². The molecule has 1 amide bonds. The zero-order valence-corrected chi connectivity index (χ0v) is 13.6. The van der Waals surface area contributed by atoms with Crippen LogP contribution in [0.3, 0.4) is 0 Å². The molecule has 20 heavy (non-hydrogen) atoms. The van der Waals surface area contributed by atoms with Gasteiger partial charge in [-0.05, 0) is 41.0 Å². The molecule has 1 atom stereocenters.